The van der Waals surface area contributed by atoms with Gasteiger partial charge < -0.3 is 10.0 Å². The third-order valence-corrected chi connectivity index (χ3v) is 5.10. The van der Waals surface area contributed by atoms with E-state index in [1.165, 1.54) is 12.1 Å². The van der Waals surface area contributed by atoms with Gasteiger partial charge in [-0.1, -0.05) is 25.1 Å². The fourth-order valence-corrected chi connectivity index (χ4v) is 3.58. The lowest BCUT2D eigenvalue weighted by atomic mass is 9.92. The molecule has 0 unspecified atom stereocenters. The lowest BCUT2D eigenvalue weighted by Gasteiger charge is -2.36. The van der Waals surface area contributed by atoms with Gasteiger partial charge in [-0.25, -0.2) is 0 Å². The molecule has 5 nitrogen and oxygen atoms in total. The summed E-state index contributed by atoms with van der Waals surface area (Å²) in [5.74, 6) is -1.60. The molecule has 1 atom stereocenters. The molecule has 1 N–H and O–H groups in total. The molecular weight excluding hydrogens is 361 g/mol. The normalized spacial score (nSPS) is 17.2. The van der Waals surface area contributed by atoms with Crippen molar-refractivity contribution in [3.8, 4) is 0 Å². The molecule has 0 radical (unpaired) electrons. The summed E-state index contributed by atoms with van der Waals surface area (Å²) in [6, 6.07) is 5.45. The van der Waals surface area contributed by atoms with Crippen LogP contribution in [0.4, 0.5) is 13.2 Å². The fourth-order valence-electron chi connectivity index (χ4n) is 3.58. The van der Waals surface area contributed by atoms with Gasteiger partial charge in [0, 0.05) is 25.6 Å². The molecule has 1 aromatic rings. The van der Waals surface area contributed by atoms with E-state index in [1.54, 1.807) is 29.8 Å². The average molecular weight is 386 g/mol. The maximum absolute atomic E-state index is 13.2. The van der Waals surface area contributed by atoms with Crippen LogP contribution in [0.3, 0.4) is 0 Å². The van der Waals surface area contributed by atoms with Crippen molar-refractivity contribution in [2.45, 2.75) is 44.3 Å². The molecule has 8 heteroatoms. The molecule has 27 heavy (non-hydrogen) atoms. The Morgan fingerprint density at radius 1 is 1.26 bits per heavy atom. The smallest absolute Gasteiger partial charge is 0.416 e. The number of rotatable bonds is 6. The van der Waals surface area contributed by atoms with E-state index in [-0.39, 0.29) is 30.5 Å². The first-order valence-electron chi connectivity index (χ1n) is 8.95. The lowest BCUT2D eigenvalue weighted by Crippen LogP contribution is -2.46. The number of halogens is 3. The van der Waals surface area contributed by atoms with E-state index in [4.69, 9.17) is 5.11 Å². The minimum absolute atomic E-state index is 0.0166. The van der Waals surface area contributed by atoms with Crippen LogP contribution in [-0.4, -0.2) is 59.5 Å². The number of amides is 1. The van der Waals surface area contributed by atoms with Gasteiger partial charge >= 0.3 is 12.1 Å². The maximum Gasteiger partial charge on any atom is 0.416 e. The van der Waals surface area contributed by atoms with Crippen LogP contribution in [0.1, 0.15) is 43.2 Å². The summed E-state index contributed by atoms with van der Waals surface area (Å²) < 4.78 is 39.5. The molecule has 1 fully saturated rings. The molecule has 1 heterocycles. The Labute approximate surface area is 156 Å². The van der Waals surface area contributed by atoms with Crippen LogP contribution in [0.2, 0.25) is 0 Å². The molecule has 0 spiro atoms. The topological polar surface area (TPSA) is 60.9 Å². The van der Waals surface area contributed by atoms with Crippen molar-refractivity contribution in [1.82, 2.24) is 9.80 Å². The fraction of sp³-hybridized carbons (Fsp3) is 0.579. The Bertz CT molecular complexity index is 670. The first-order valence-corrected chi connectivity index (χ1v) is 8.95. The molecular formula is C19H25F3N2O3. The number of likely N-dealkylation sites (N-methyl/N-ethyl adjacent to an activating group) is 1. The summed E-state index contributed by atoms with van der Waals surface area (Å²) in [5, 5.41) is 8.86. The highest BCUT2D eigenvalue weighted by Gasteiger charge is 2.35. The molecule has 1 aliphatic heterocycles. The molecule has 0 bridgehead atoms. The highest BCUT2D eigenvalue weighted by molar-refractivity contribution is 5.77. The van der Waals surface area contributed by atoms with E-state index >= 15 is 0 Å². The van der Waals surface area contributed by atoms with Crippen LogP contribution in [0.25, 0.3) is 0 Å². The number of benzene rings is 1. The van der Waals surface area contributed by atoms with Crippen molar-refractivity contribution in [2.24, 2.45) is 0 Å². The van der Waals surface area contributed by atoms with Crippen LogP contribution < -0.4 is 0 Å². The third kappa shape index (κ3) is 5.69. The van der Waals surface area contributed by atoms with Crippen LogP contribution in [0.5, 0.6) is 0 Å². The SMILES string of the molecule is C[C@@H](CC(=O)N1CCC(N(C)CC(=O)O)CC1)c1ccccc1C(F)(F)F. The predicted molar refractivity (Wildman–Crippen MR) is 94.3 cm³/mol. The summed E-state index contributed by atoms with van der Waals surface area (Å²) in [7, 11) is 1.74. The Morgan fingerprint density at radius 2 is 1.85 bits per heavy atom. The van der Waals surface area contributed by atoms with E-state index < -0.39 is 23.6 Å². The van der Waals surface area contributed by atoms with Crippen molar-refractivity contribution in [3.05, 3.63) is 35.4 Å². The van der Waals surface area contributed by atoms with Gasteiger partial charge in [0.25, 0.3) is 0 Å². The van der Waals surface area contributed by atoms with Gasteiger partial charge in [0.15, 0.2) is 0 Å². The number of nitrogens with zero attached hydrogens (tertiary/aromatic N) is 2. The molecule has 0 saturated carbocycles. The van der Waals surface area contributed by atoms with Gasteiger partial charge in [-0.3, -0.25) is 14.5 Å². The maximum atomic E-state index is 13.2. The number of carboxylic acid groups (broad SMARTS) is 1. The second-order valence-electron chi connectivity index (χ2n) is 7.11. The van der Waals surface area contributed by atoms with E-state index in [0.29, 0.717) is 25.9 Å². The first kappa shape index (κ1) is 21.2. The van der Waals surface area contributed by atoms with E-state index in [2.05, 4.69) is 0 Å². The Hall–Kier alpha value is -2.09. The van der Waals surface area contributed by atoms with E-state index in [1.807, 2.05) is 0 Å². The van der Waals surface area contributed by atoms with E-state index in [9.17, 15) is 22.8 Å². The average Bonchev–Trinajstić information content (AvgIpc) is 2.60. The van der Waals surface area contributed by atoms with Crippen molar-refractivity contribution >= 4 is 11.9 Å². The monoisotopic (exact) mass is 386 g/mol. The number of carbonyl (C=O) groups is 2. The summed E-state index contributed by atoms with van der Waals surface area (Å²) in [6.45, 7) is 2.56. The van der Waals surface area contributed by atoms with Crippen LogP contribution >= 0.6 is 0 Å². The van der Waals surface area contributed by atoms with Crippen molar-refractivity contribution in [3.63, 3.8) is 0 Å². The van der Waals surface area contributed by atoms with E-state index in [0.717, 1.165) is 6.07 Å². The molecule has 1 aromatic carbocycles. The number of carboxylic acids is 1. The number of carbonyl (C=O) groups excluding carboxylic acids is 1. The minimum atomic E-state index is -4.44. The number of aliphatic carboxylic acids is 1. The van der Waals surface area contributed by atoms with Crippen LogP contribution in [0.15, 0.2) is 24.3 Å². The van der Waals surface area contributed by atoms with Gasteiger partial charge in [0.05, 0.1) is 12.1 Å². The molecule has 2 rings (SSSR count). The molecule has 1 saturated heterocycles. The molecule has 150 valence electrons. The molecule has 1 amide bonds. The zero-order chi connectivity index (χ0) is 20.2. The standard InChI is InChI=1S/C19H25F3N2O3/c1-13(15-5-3-4-6-16(15)19(20,21)22)11-17(25)24-9-7-14(8-10-24)23(2)12-18(26)27/h3-6,13-14H,7-12H2,1-2H3,(H,26,27)/t13-/m0/s1. The Balaban J connectivity index is 1.94. The third-order valence-electron chi connectivity index (χ3n) is 5.10. The van der Waals surface area contributed by atoms with Gasteiger partial charge in [-0.15, -0.1) is 0 Å². The highest BCUT2D eigenvalue weighted by Crippen LogP contribution is 2.36. The summed E-state index contributed by atoms with van der Waals surface area (Å²) >= 11 is 0. The van der Waals surface area contributed by atoms with Crippen LogP contribution in [-0.2, 0) is 15.8 Å². The van der Waals surface area contributed by atoms with Gasteiger partial charge in [-0.05, 0) is 37.4 Å². The van der Waals surface area contributed by atoms with Gasteiger partial charge in [0.2, 0.25) is 5.91 Å². The zero-order valence-corrected chi connectivity index (χ0v) is 15.5. The van der Waals surface area contributed by atoms with Crippen molar-refractivity contribution in [1.29, 1.82) is 0 Å². The van der Waals surface area contributed by atoms with Gasteiger partial charge in [-0.2, -0.15) is 13.2 Å². The molecule has 0 aromatic heterocycles. The predicted octanol–water partition coefficient (Wildman–Crippen LogP) is 3.21. The van der Waals surface area contributed by atoms with Crippen LogP contribution in [0, 0.1) is 0 Å². The van der Waals surface area contributed by atoms with Gasteiger partial charge in [0.1, 0.15) is 0 Å². The zero-order valence-electron chi connectivity index (χ0n) is 15.5. The number of alkyl halides is 3. The molecule has 1 aliphatic rings. The highest BCUT2D eigenvalue weighted by atomic mass is 19.4. The van der Waals surface area contributed by atoms with Crippen molar-refractivity contribution < 1.29 is 27.9 Å². The summed E-state index contributed by atoms with van der Waals surface area (Å²) in [5.41, 5.74) is -0.561. The van der Waals surface area contributed by atoms with Crippen molar-refractivity contribution in [2.75, 3.05) is 26.7 Å². The quantitative estimate of drug-likeness (QED) is 0.816. The number of likely N-dealkylation sites (tertiary alicyclic amines) is 1. The lowest BCUT2D eigenvalue weighted by molar-refractivity contribution is -0.139. The summed E-state index contributed by atoms with van der Waals surface area (Å²) in [6.07, 6.45) is -3.12. The largest absolute Gasteiger partial charge is 0.480 e. The number of hydrogen-bond acceptors (Lipinski definition) is 3. The number of piperidine rings is 1. The second kappa shape index (κ2) is 8.73. The Kier molecular flexibility index (Phi) is 6.86. The molecule has 0 aliphatic carbocycles. The first-order chi connectivity index (χ1) is 12.6. The summed E-state index contributed by atoms with van der Waals surface area (Å²) in [4.78, 5) is 26.7. The minimum Gasteiger partial charge on any atom is -0.480 e. The second-order valence-corrected chi connectivity index (χ2v) is 7.11. The Morgan fingerprint density at radius 3 is 2.41 bits per heavy atom. The number of hydrogen-bond donors (Lipinski definition) is 1.